The molecule has 0 unspecified atom stereocenters. The minimum Gasteiger partial charge on any atom is -0.349 e. The fraction of sp³-hybridized carbons (Fsp3) is 0.538. The number of pyridine rings is 1. The van der Waals surface area contributed by atoms with Gasteiger partial charge in [-0.05, 0) is 31.2 Å². The van der Waals surface area contributed by atoms with Crippen molar-refractivity contribution >= 4 is 5.91 Å². The minimum atomic E-state index is -0.205. The average molecular weight is 234 g/mol. The van der Waals surface area contributed by atoms with Crippen molar-refractivity contribution in [1.29, 1.82) is 0 Å². The van der Waals surface area contributed by atoms with Crippen LogP contribution < -0.4 is 10.9 Å². The third kappa shape index (κ3) is 3.44. The van der Waals surface area contributed by atoms with Crippen LogP contribution in [0.4, 0.5) is 0 Å². The number of H-pyrrole nitrogens is 1. The first kappa shape index (κ1) is 11.9. The van der Waals surface area contributed by atoms with Gasteiger partial charge in [-0.3, -0.25) is 9.59 Å². The Labute approximate surface area is 100 Å². The summed E-state index contributed by atoms with van der Waals surface area (Å²) in [4.78, 5) is 26.1. The number of hydrogen-bond donors (Lipinski definition) is 2. The number of rotatable bonds is 4. The molecule has 0 aliphatic heterocycles. The third-order valence-electron chi connectivity index (χ3n) is 2.70. The van der Waals surface area contributed by atoms with Crippen LogP contribution in [0, 0.1) is 5.92 Å². The van der Waals surface area contributed by atoms with Crippen molar-refractivity contribution in [2.24, 2.45) is 5.92 Å². The van der Waals surface area contributed by atoms with Gasteiger partial charge in [-0.15, -0.1) is 0 Å². The second-order valence-corrected chi connectivity index (χ2v) is 5.10. The zero-order chi connectivity index (χ0) is 12.4. The fourth-order valence-electron chi connectivity index (χ4n) is 1.78. The van der Waals surface area contributed by atoms with Crippen molar-refractivity contribution in [3.63, 3.8) is 0 Å². The maximum Gasteiger partial charge on any atom is 0.251 e. The molecule has 1 amide bonds. The van der Waals surface area contributed by atoms with E-state index in [4.69, 9.17) is 0 Å². The monoisotopic (exact) mass is 234 g/mol. The molecule has 1 aromatic rings. The normalized spacial score (nSPS) is 15.0. The summed E-state index contributed by atoms with van der Waals surface area (Å²) < 4.78 is 0. The van der Waals surface area contributed by atoms with Crippen LogP contribution >= 0.6 is 0 Å². The van der Waals surface area contributed by atoms with Gasteiger partial charge in [0.1, 0.15) is 0 Å². The van der Waals surface area contributed by atoms with Crippen molar-refractivity contribution in [2.45, 2.75) is 39.2 Å². The minimum absolute atomic E-state index is 0.136. The molecular formula is C13H18N2O2. The first-order valence-corrected chi connectivity index (χ1v) is 6.08. The lowest BCUT2D eigenvalue weighted by molar-refractivity contribution is 0.0950. The summed E-state index contributed by atoms with van der Waals surface area (Å²) in [5, 5.41) is 2.89. The number of hydrogen-bond acceptors (Lipinski definition) is 2. The summed E-state index contributed by atoms with van der Waals surface area (Å²) in [6.07, 6.45) is 2.88. The number of nitrogens with one attached hydrogen (secondary N) is 2. The molecule has 17 heavy (non-hydrogen) atoms. The topological polar surface area (TPSA) is 62.0 Å². The van der Waals surface area contributed by atoms with Gasteiger partial charge in [-0.25, -0.2) is 0 Å². The molecule has 0 bridgehead atoms. The van der Waals surface area contributed by atoms with Crippen LogP contribution in [0.15, 0.2) is 16.9 Å². The predicted molar refractivity (Wildman–Crippen MR) is 66.1 cm³/mol. The maximum atomic E-state index is 11.8. The molecule has 2 N–H and O–H groups in total. The summed E-state index contributed by atoms with van der Waals surface area (Å²) in [7, 11) is 0. The molecular weight excluding hydrogens is 216 g/mol. The largest absolute Gasteiger partial charge is 0.349 e. The highest BCUT2D eigenvalue weighted by atomic mass is 16.2. The molecule has 0 atom stereocenters. The smallest absolute Gasteiger partial charge is 0.251 e. The summed E-state index contributed by atoms with van der Waals surface area (Å²) >= 11 is 0. The van der Waals surface area contributed by atoms with Gasteiger partial charge in [0.05, 0.1) is 0 Å². The molecule has 4 nitrogen and oxygen atoms in total. The Balaban J connectivity index is 2.17. The first-order chi connectivity index (χ1) is 8.04. The van der Waals surface area contributed by atoms with E-state index in [1.807, 2.05) is 0 Å². The molecule has 0 saturated heterocycles. The highest BCUT2D eigenvalue weighted by molar-refractivity contribution is 5.94. The van der Waals surface area contributed by atoms with E-state index in [-0.39, 0.29) is 11.5 Å². The Kier molecular flexibility index (Phi) is 3.31. The van der Waals surface area contributed by atoms with Crippen LogP contribution in [-0.2, 0) is 6.42 Å². The van der Waals surface area contributed by atoms with Gasteiger partial charge < -0.3 is 10.3 Å². The second kappa shape index (κ2) is 4.73. The quantitative estimate of drug-likeness (QED) is 0.828. The van der Waals surface area contributed by atoms with E-state index in [1.54, 1.807) is 6.07 Å². The second-order valence-electron chi connectivity index (χ2n) is 5.10. The van der Waals surface area contributed by atoms with E-state index < -0.39 is 0 Å². The number of aromatic amines is 1. The number of aromatic nitrogens is 1. The first-order valence-electron chi connectivity index (χ1n) is 6.08. The highest BCUT2D eigenvalue weighted by Crippen LogP contribution is 2.19. The zero-order valence-corrected chi connectivity index (χ0v) is 10.2. The van der Waals surface area contributed by atoms with Crippen molar-refractivity contribution in [2.75, 3.05) is 0 Å². The highest BCUT2D eigenvalue weighted by Gasteiger charge is 2.24. The predicted octanol–water partition coefficient (Wildman–Crippen LogP) is 1.47. The lowest BCUT2D eigenvalue weighted by Crippen LogP contribution is -2.27. The average Bonchev–Trinajstić information content (AvgIpc) is 2.99. The molecule has 1 aliphatic rings. The van der Waals surface area contributed by atoms with E-state index >= 15 is 0 Å². The molecule has 4 heteroatoms. The van der Waals surface area contributed by atoms with E-state index in [2.05, 4.69) is 24.1 Å². The Morgan fingerprint density at radius 2 is 2.18 bits per heavy atom. The Hall–Kier alpha value is -1.58. The van der Waals surface area contributed by atoms with Crippen molar-refractivity contribution in [3.05, 3.63) is 33.7 Å². The number of carbonyl (C=O) groups is 1. The fourth-order valence-corrected chi connectivity index (χ4v) is 1.78. The molecule has 2 rings (SSSR count). The van der Waals surface area contributed by atoms with Gasteiger partial charge in [0, 0.05) is 23.4 Å². The molecule has 0 radical (unpaired) electrons. The molecule has 0 aromatic carbocycles. The van der Waals surface area contributed by atoms with Crippen LogP contribution in [0.1, 0.15) is 42.7 Å². The SMILES string of the molecule is CC(C)Cc1cc(C(=O)NC2CC2)cc(=O)[nH]1. The van der Waals surface area contributed by atoms with Crippen LogP contribution in [-0.4, -0.2) is 16.9 Å². The lowest BCUT2D eigenvalue weighted by Gasteiger charge is -2.07. The standard InChI is InChI=1S/C13H18N2O2/c1-8(2)5-11-6-9(7-12(16)14-11)13(17)15-10-3-4-10/h6-8,10H,3-5H2,1-2H3,(H,14,16)(H,15,17). The number of carbonyl (C=O) groups excluding carboxylic acids is 1. The van der Waals surface area contributed by atoms with Crippen LogP contribution in [0.25, 0.3) is 0 Å². The van der Waals surface area contributed by atoms with Gasteiger partial charge in [0.2, 0.25) is 5.56 Å². The van der Waals surface area contributed by atoms with Crippen LogP contribution in [0.3, 0.4) is 0 Å². The Bertz CT molecular complexity index is 473. The molecule has 1 heterocycles. The van der Waals surface area contributed by atoms with E-state index in [9.17, 15) is 9.59 Å². The molecule has 1 aliphatic carbocycles. The summed E-state index contributed by atoms with van der Waals surface area (Å²) in [6, 6.07) is 3.45. The Morgan fingerprint density at radius 1 is 1.47 bits per heavy atom. The van der Waals surface area contributed by atoms with E-state index in [0.717, 1.165) is 25.0 Å². The van der Waals surface area contributed by atoms with Gasteiger partial charge in [-0.2, -0.15) is 0 Å². The summed E-state index contributed by atoms with van der Waals surface area (Å²) in [5.74, 6) is 0.316. The van der Waals surface area contributed by atoms with Crippen molar-refractivity contribution < 1.29 is 4.79 Å². The van der Waals surface area contributed by atoms with Gasteiger partial charge in [0.25, 0.3) is 5.91 Å². The van der Waals surface area contributed by atoms with Crippen LogP contribution in [0.5, 0.6) is 0 Å². The lowest BCUT2D eigenvalue weighted by atomic mass is 10.1. The van der Waals surface area contributed by atoms with Gasteiger partial charge >= 0.3 is 0 Å². The van der Waals surface area contributed by atoms with Crippen LogP contribution in [0.2, 0.25) is 0 Å². The van der Waals surface area contributed by atoms with E-state index in [1.165, 1.54) is 6.07 Å². The molecule has 0 spiro atoms. The summed E-state index contributed by atoms with van der Waals surface area (Å²) in [5.41, 5.74) is 1.09. The maximum absolute atomic E-state index is 11.8. The Morgan fingerprint density at radius 3 is 2.76 bits per heavy atom. The molecule has 1 fully saturated rings. The molecule has 1 aromatic heterocycles. The van der Waals surface area contributed by atoms with Gasteiger partial charge in [-0.1, -0.05) is 13.8 Å². The molecule has 1 saturated carbocycles. The molecule has 92 valence electrons. The van der Waals surface area contributed by atoms with Crippen molar-refractivity contribution in [1.82, 2.24) is 10.3 Å². The van der Waals surface area contributed by atoms with E-state index in [0.29, 0.717) is 17.5 Å². The number of amides is 1. The van der Waals surface area contributed by atoms with Gasteiger partial charge in [0.15, 0.2) is 0 Å². The van der Waals surface area contributed by atoms with Crippen molar-refractivity contribution in [3.8, 4) is 0 Å². The third-order valence-corrected chi connectivity index (χ3v) is 2.70. The zero-order valence-electron chi connectivity index (χ0n) is 10.2. The summed E-state index contributed by atoms with van der Waals surface area (Å²) in [6.45, 7) is 4.16.